The van der Waals surface area contributed by atoms with Gasteiger partial charge < -0.3 is 10.2 Å². The van der Waals surface area contributed by atoms with Crippen molar-refractivity contribution in [2.45, 2.75) is 52.5 Å². The third-order valence-electron chi connectivity index (χ3n) is 3.54. The Kier molecular flexibility index (Phi) is 5.61. The van der Waals surface area contributed by atoms with Gasteiger partial charge in [0.25, 0.3) is 0 Å². The van der Waals surface area contributed by atoms with Gasteiger partial charge in [-0.3, -0.25) is 4.79 Å². The van der Waals surface area contributed by atoms with Crippen LogP contribution in [0.5, 0.6) is 0 Å². The number of nitrogens with one attached hydrogen (secondary N) is 1. The fourth-order valence-electron chi connectivity index (χ4n) is 2.13. The average molecular weight is 251 g/mol. The number of carbonyl (C=O) groups is 1. The molecule has 1 rings (SSSR count). The summed E-state index contributed by atoms with van der Waals surface area (Å²) in [5, 5.41) is 12.1. The van der Waals surface area contributed by atoms with Gasteiger partial charge in [-0.1, -0.05) is 0 Å². The second-order valence-corrected chi connectivity index (χ2v) is 5.81. The van der Waals surface area contributed by atoms with Crippen molar-refractivity contribution in [3.63, 3.8) is 0 Å². The summed E-state index contributed by atoms with van der Waals surface area (Å²) in [6.07, 6.45) is 4.25. The molecule has 1 amide bonds. The van der Waals surface area contributed by atoms with Crippen molar-refractivity contribution in [3.8, 4) is 6.07 Å². The van der Waals surface area contributed by atoms with E-state index >= 15 is 0 Å². The number of rotatable bonds is 5. The van der Waals surface area contributed by atoms with Gasteiger partial charge in [0.05, 0.1) is 17.5 Å². The van der Waals surface area contributed by atoms with Gasteiger partial charge in [-0.05, 0) is 53.0 Å². The van der Waals surface area contributed by atoms with Gasteiger partial charge in [0.15, 0.2) is 0 Å². The molecule has 0 aromatic rings. The van der Waals surface area contributed by atoms with Crippen molar-refractivity contribution in [2.75, 3.05) is 19.6 Å². The van der Waals surface area contributed by atoms with Gasteiger partial charge in [0, 0.05) is 13.1 Å². The lowest BCUT2D eigenvalue weighted by Crippen LogP contribution is -2.47. The minimum atomic E-state index is -0.319. The Morgan fingerprint density at radius 2 is 2.00 bits per heavy atom. The monoisotopic (exact) mass is 251 g/mol. The van der Waals surface area contributed by atoms with E-state index in [-0.39, 0.29) is 17.4 Å². The first-order valence-electron chi connectivity index (χ1n) is 6.90. The number of hydrogen-bond acceptors (Lipinski definition) is 3. The van der Waals surface area contributed by atoms with Gasteiger partial charge in [0.2, 0.25) is 5.91 Å². The molecule has 4 heteroatoms. The number of nitrogens with zero attached hydrogens (tertiary/aromatic N) is 2. The summed E-state index contributed by atoms with van der Waals surface area (Å²) in [5.74, 6) is 0.199. The van der Waals surface area contributed by atoms with Crippen LogP contribution in [-0.4, -0.2) is 36.5 Å². The number of amides is 1. The molecular formula is C14H25N3O. The zero-order valence-corrected chi connectivity index (χ0v) is 11.8. The van der Waals surface area contributed by atoms with Gasteiger partial charge in [-0.15, -0.1) is 0 Å². The average Bonchev–Trinajstić information content (AvgIpc) is 2.38. The van der Waals surface area contributed by atoms with Crippen LogP contribution >= 0.6 is 0 Å². The van der Waals surface area contributed by atoms with Crippen LogP contribution in [0.4, 0.5) is 0 Å². The van der Waals surface area contributed by atoms with Gasteiger partial charge in [0.1, 0.15) is 0 Å². The van der Waals surface area contributed by atoms with Crippen molar-refractivity contribution in [1.82, 2.24) is 10.2 Å². The maximum absolute atomic E-state index is 12.1. The summed E-state index contributed by atoms with van der Waals surface area (Å²) in [6, 6.07) is 2.13. The zero-order chi connectivity index (χ0) is 13.6. The highest BCUT2D eigenvalue weighted by Gasteiger charge is 2.22. The van der Waals surface area contributed by atoms with E-state index in [9.17, 15) is 4.79 Å². The molecule has 0 aromatic heterocycles. The predicted molar refractivity (Wildman–Crippen MR) is 71.9 cm³/mol. The summed E-state index contributed by atoms with van der Waals surface area (Å²) >= 11 is 0. The normalized spacial score (nSPS) is 18.2. The molecule has 1 atom stereocenters. The molecule has 0 aliphatic carbocycles. The fraction of sp³-hybridized carbons (Fsp3) is 0.857. The molecule has 0 saturated carbocycles. The van der Waals surface area contributed by atoms with Gasteiger partial charge >= 0.3 is 0 Å². The molecule has 0 bridgehead atoms. The lowest BCUT2D eigenvalue weighted by Gasteiger charge is -2.29. The van der Waals surface area contributed by atoms with Crippen LogP contribution in [0.1, 0.15) is 46.5 Å². The molecule has 18 heavy (non-hydrogen) atoms. The molecular weight excluding hydrogens is 226 g/mol. The van der Waals surface area contributed by atoms with Crippen molar-refractivity contribution in [2.24, 2.45) is 5.41 Å². The maximum Gasteiger partial charge on any atom is 0.239 e. The smallest absolute Gasteiger partial charge is 0.239 e. The summed E-state index contributed by atoms with van der Waals surface area (Å²) < 4.78 is 0. The Bertz CT molecular complexity index is 313. The molecule has 1 N–H and O–H groups in total. The molecule has 1 aliphatic heterocycles. The van der Waals surface area contributed by atoms with Crippen molar-refractivity contribution in [3.05, 3.63) is 0 Å². The van der Waals surface area contributed by atoms with Crippen LogP contribution in [0.15, 0.2) is 0 Å². The predicted octanol–water partition coefficient (Wildman–Crippen LogP) is 1.92. The first-order chi connectivity index (χ1) is 8.46. The SMILES string of the molecule is CC(NCCC(C)(C)C#N)C(=O)N1CCCCC1. The minimum absolute atomic E-state index is 0.141. The first kappa shape index (κ1) is 15.0. The number of carbonyl (C=O) groups excluding carboxylic acids is 1. The Labute approximate surface area is 110 Å². The van der Waals surface area contributed by atoms with E-state index in [2.05, 4.69) is 11.4 Å². The van der Waals surface area contributed by atoms with E-state index in [0.717, 1.165) is 32.4 Å². The summed E-state index contributed by atoms with van der Waals surface area (Å²) in [4.78, 5) is 14.1. The maximum atomic E-state index is 12.1. The van der Waals surface area contributed by atoms with E-state index in [0.29, 0.717) is 6.54 Å². The molecule has 102 valence electrons. The lowest BCUT2D eigenvalue weighted by atomic mass is 9.91. The molecule has 1 unspecified atom stereocenters. The van der Waals surface area contributed by atoms with Crippen LogP contribution in [0.3, 0.4) is 0 Å². The largest absolute Gasteiger partial charge is 0.341 e. The zero-order valence-electron chi connectivity index (χ0n) is 11.8. The van der Waals surface area contributed by atoms with Crippen LogP contribution in [-0.2, 0) is 4.79 Å². The number of piperidine rings is 1. The molecule has 0 radical (unpaired) electrons. The van der Waals surface area contributed by atoms with E-state index < -0.39 is 0 Å². The highest BCUT2D eigenvalue weighted by atomic mass is 16.2. The van der Waals surface area contributed by atoms with Crippen molar-refractivity contribution in [1.29, 1.82) is 5.26 Å². The lowest BCUT2D eigenvalue weighted by molar-refractivity contribution is -0.133. The van der Waals surface area contributed by atoms with E-state index in [4.69, 9.17) is 5.26 Å². The fourth-order valence-corrected chi connectivity index (χ4v) is 2.13. The van der Waals surface area contributed by atoms with Crippen molar-refractivity contribution < 1.29 is 4.79 Å². The van der Waals surface area contributed by atoms with Gasteiger partial charge in [-0.25, -0.2) is 0 Å². The van der Waals surface area contributed by atoms with E-state index in [1.54, 1.807) is 0 Å². The number of hydrogen-bond donors (Lipinski definition) is 1. The highest BCUT2D eigenvalue weighted by Crippen LogP contribution is 2.17. The molecule has 0 spiro atoms. The molecule has 1 saturated heterocycles. The van der Waals surface area contributed by atoms with Crippen LogP contribution in [0.25, 0.3) is 0 Å². The van der Waals surface area contributed by atoms with Crippen molar-refractivity contribution >= 4 is 5.91 Å². The van der Waals surface area contributed by atoms with E-state index in [1.165, 1.54) is 6.42 Å². The quantitative estimate of drug-likeness (QED) is 0.812. The molecule has 1 fully saturated rings. The minimum Gasteiger partial charge on any atom is -0.341 e. The van der Waals surface area contributed by atoms with Crippen LogP contribution in [0.2, 0.25) is 0 Å². The van der Waals surface area contributed by atoms with Crippen LogP contribution in [0, 0.1) is 16.7 Å². The Hall–Kier alpha value is -1.08. The summed E-state index contributed by atoms with van der Waals surface area (Å²) in [6.45, 7) is 8.26. The molecule has 4 nitrogen and oxygen atoms in total. The molecule has 1 heterocycles. The number of nitriles is 1. The highest BCUT2D eigenvalue weighted by molar-refractivity contribution is 5.81. The van der Waals surface area contributed by atoms with Crippen LogP contribution < -0.4 is 5.32 Å². The standard InChI is InChI=1S/C14H25N3O/c1-12(16-8-7-14(2,3)11-15)13(18)17-9-5-4-6-10-17/h12,16H,4-10H2,1-3H3. The Morgan fingerprint density at radius 3 is 2.56 bits per heavy atom. The molecule has 0 aromatic carbocycles. The van der Waals surface area contributed by atoms with Gasteiger partial charge in [-0.2, -0.15) is 5.26 Å². The summed E-state index contributed by atoms with van der Waals surface area (Å²) in [5.41, 5.74) is -0.319. The van der Waals surface area contributed by atoms with E-state index in [1.807, 2.05) is 25.7 Å². The third-order valence-corrected chi connectivity index (χ3v) is 3.54. The Morgan fingerprint density at radius 1 is 1.39 bits per heavy atom. The first-order valence-corrected chi connectivity index (χ1v) is 6.90. The second kappa shape index (κ2) is 6.75. The molecule has 1 aliphatic rings. The second-order valence-electron chi connectivity index (χ2n) is 5.81. The number of likely N-dealkylation sites (tertiary alicyclic amines) is 1. The summed E-state index contributed by atoms with van der Waals surface area (Å²) in [7, 11) is 0. The third kappa shape index (κ3) is 4.66. The Balaban J connectivity index is 2.29. The topological polar surface area (TPSA) is 56.1 Å².